The Morgan fingerprint density at radius 3 is 2.63 bits per heavy atom. The van der Waals surface area contributed by atoms with E-state index in [2.05, 4.69) is 20.1 Å². The summed E-state index contributed by atoms with van der Waals surface area (Å²) in [5.41, 5.74) is 1.81. The highest BCUT2D eigenvalue weighted by molar-refractivity contribution is 7.19. The number of hydrogen-bond acceptors (Lipinski definition) is 8. The van der Waals surface area contributed by atoms with Gasteiger partial charge >= 0.3 is 0 Å². The van der Waals surface area contributed by atoms with Crippen LogP contribution in [0.3, 0.4) is 0 Å². The number of fused-ring (bicyclic) bond motifs is 2. The molecule has 178 valence electrons. The maximum absolute atomic E-state index is 12.7. The van der Waals surface area contributed by atoms with E-state index in [1.807, 2.05) is 53.0 Å². The first-order valence-electron chi connectivity index (χ1n) is 11.7. The molecule has 0 saturated carbocycles. The Morgan fingerprint density at radius 2 is 1.83 bits per heavy atom. The van der Waals surface area contributed by atoms with Gasteiger partial charge < -0.3 is 9.64 Å². The molecule has 10 heteroatoms. The van der Waals surface area contributed by atoms with Gasteiger partial charge in [-0.2, -0.15) is 9.61 Å². The molecule has 1 fully saturated rings. The molecule has 0 spiro atoms. The second kappa shape index (κ2) is 9.20. The van der Waals surface area contributed by atoms with Crippen LogP contribution in [0, 0.1) is 0 Å². The number of rotatable bonds is 6. The molecule has 6 rings (SSSR count). The highest BCUT2D eigenvalue weighted by Gasteiger charge is 2.26. The summed E-state index contributed by atoms with van der Waals surface area (Å²) >= 11 is 1.55. The lowest BCUT2D eigenvalue weighted by molar-refractivity contribution is 0.201. The summed E-state index contributed by atoms with van der Waals surface area (Å²) < 4.78 is 8.88. The fraction of sp³-hybridized carbons (Fsp3) is 0.320. The van der Waals surface area contributed by atoms with Gasteiger partial charge in [-0.05, 0) is 62.3 Å². The van der Waals surface area contributed by atoms with Crippen molar-refractivity contribution in [1.82, 2.24) is 34.3 Å². The Bertz CT molecular complexity index is 1530. The Labute approximate surface area is 205 Å². The molecular weight excluding hydrogens is 462 g/mol. The van der Waals surface area contributed by atoms with Crippen LogP contribution in [0.2, 0.25) is 0 Å². The summed E-state index contributed by atoms with van der Waals surface area (Å²) in [5, 5.41) is 15.3. The van der Waals surface area contributed by atoms with Crippen molar-refractivity contribution in [1.29, 1.82) is 0 Å². The van der Waals surface area contributed by atoms with Gasteiger partial charge in [-0.1, -0.05) is 23.5 Å². The number of methoxy groups -OCH3 is 1. The van der Waals surface area contributed by atoms with Gasteiger partial charge in [0.05, 0.1) is 24.3 Å². The maximum Gasteiger partial charge on any atom is 0.261 e. The highest BCUT2D eigenvalue weighted by atomic mass is 32.1. The minimum Gasteiger partial charge on any atom is -0.497 e. The van der Waals surface area contributed by atoms with Crippen LogP contribution < -0.4 is 10.3 Å². The van der Waals surface area contributed by atoms with Crippen LogP contribution in [0.4, 0.5) is 0 Å². The summed E-state index contributed by atoms with van der Waals surface area (Å²) in [6.45, 7) is 3.35. The van der Waals surface area contributed by atoms with Gasteiger partial charge in [0.1, 0.15) is 10.8 Å². The van der Waals surface area contributed by atoms with E-state index in [9.17, 15) is 4.79 Å². The lowest BCUT2D eigenvalue weighted by Crippen LogP contribution is -2.37. The number of para-hydroxylation sites is 1. The fourth-order valence-corrected chi connectivity index (χ4v) is 5.52. The average Bonchev–Trinajstić information content (AvgIpc) is 3.50. The van der Waals surface area contributed by atoms with Crippen molar-refractivity contribution in [3.63, 3.8) is 0 Å². The van der Waals surface area contributed by atoms with Crippen LogP contribution in [0.25, 0.3) is 26.4 Å². The van der Waals surface area contributed by atoms with Crippen LogP contribution in [-0.2, 0) is 6.54 Å². The molecule has 9 nitrogen and oxygen atoms in total. The van der Waals surface area contributed by atoms with Crippen LogP contribution in [-0.4, -0.2) is 61.0 Å². The molecule has 0 radical (unpaired) electrons. The molecule has 0 amide bonds. The van der Waals surface area contributed by atoms with Crippen LogP contribution in [0.5, 0.6) is 5.75 Å². The zero-order chi connectivity index (χ0) is 23.8. The van der Waals surface area contributed by atoms with Crippen molar-refractivity contribution in [2.24, 2.45) is 0 Å². The van der Waals surface area contributed by atoms with Gasteiger partial charge in [-0.25, -0.2) is 4.98 Å². The Hall–Kier alpha value is -3.63. The number of benzene rings is 2. The smallest absolute Gasteiger partial charge is 0.261 e. The second-order valence-corrected chi connectivity index (χ2v) is 9.72. The predicted molar refractivity (Wildman–Crippen MR) is 135 cm³/mol. The van der Waals surface area contributed by atoms with E-state index in [0.29, 0.717) is 17.8 Å². The lowest BCUT2D eigenvalue weighted by atomic mass is 9.96. The minimum atomic E-state index is 0.0209. The van der Waals surface area contributed by atoms with E-state index in [-0.39, 0.29) is 5.56 Å². The third-order valence-electron chi connectivity index (χ3n) is 6.69. The van der Waals surface area contributed by atoms with Crippen LogP contribution in [0.1, 0.15) is 24.6 Å². The summed E-state index contributed by atoms with van der Waals surface area (Å²) in [5.74, 6) is 2.08. The number of ether oxygens (including phenoxy) is 1. The van der Waals surface area contributed by atoms with E-state index in [4.69, 9.17) is 9.84 Å². The normalized spacial score (nSPS) is 15.2. The monoisotopic (exact) mass is 487 g/mol. The van der Waals surface area contributed by atoms with Crippen molar-refractivity contribution in [2.45, 2.75) is 25.3 Å². The quantitative estimate of drug-likeness (QED) is 0.362. The highest BCUT2D eigenvalue weighted by Crippen LogP contribution is 2.31. The summed E-state index contributed by atoms with van der Waals surface area (Å²) in [7, 11) is 1.66. The molecule has 0 atom stereocenters. The van der Waals surface area contributed by atoms with Gasteiger partial charge in [0.2, 0.25) is 4.96 Å². The molecule has 35 heavy (non-hydrogen) atoms. The summed E-state index contributed by atoms with van der Waals surface area (Å²) in [4.78, 5) is 20.4. The first-order valence-corrected chi connectivity index (χ1v) is 12.5. The Balaban J connectivity index is 1.11. The fourth-order valence-electron chi connectivity index (χ4n) is 4.67. The van der Waals surface area contributed by atoms with Gasteiger partial charge in [-0.3, -0.25) is 9.36 Å². The molecule has 4 heterocycles. The standard InChI is InChI=1S/C25H25N7O2S/c1-34-19-8-6-18(7-9-19)23-29-32-22(27-28-25(32)35-23)17-10-12-30(13-11-17)14-15-31-16-26-21-5-3-2-4-20(21)24(31)33/h2-9,16-17H,10-15H2,1H3. The molecule has 1 saturated heterocycles. The van der Waals surface area contributed by atoms with E-state index >= 15 is 0 Å². The molecular formula is C25H25N7O2S. The van der Waals surface area contributed by atoms with Crippen LogP contribution in [0.15, 0.2) is 59.7 Å². The number of likely N-dealkylation sites (tertiary alicyclic amines) is 1. The van der Waals surface area contributed by atoms with Gasteiger partial charge in [0, 0.05) is 24.6 Å². The van der Waals surface area contributed by atoms with Crippen molar-refractivity contribution >= 4 is 27.2 Å². The zero-order valence-corrected chi connectivity index (χ0v) is 20.2. The molecule has 3 aromatic heterocycles. The topological polar surface area (TPSA) is 90.4 Å². The van der Waals surface area contributed by atoms with Gasteiger partial charge in [0.15, 0.2) is 5.82 Å². The summed E-state index contributed by atoms with van der Waals surface area (Å²) in [6.07, 6.45) is 3.63. The average molecular weight is 488 g/mol. The first kappa shape index (κ1) is 21.9. The van der Waals surface area contributed by atoms with Crippen molar-refractivity contribution in [2.75, 3.05) is 26.7 Å². The third kappa shape index (κ3) is 4.19. The van der Waals surface area contributed by atoms with E-state index in [1.165, 1.54) is 0 Å². The molecule has 0 unspecified atom stereocenters. The molecule has 5 aromatic rings. The number of hydrogen-bond donors (Lipinski definition) is 0. The largest absolute Gasteiger partial charge is 0.497 e. The molecule has 1 aliphatic heterocycles. The molecule has 1 aliphatic rings. The van der Waals surface area contributed by atoms with Crippen molar-refractivity contribution in [3.05, 3.63) is 71.0 Å². The molecule has 0 N–H and O–H groups in total. The zero-order valence-electron chi connectivity index (χ0n) is 19.4. The lowest BCUT2D eigenvalue weighted by Gasteiger charge is -2.30. The first-order chi connectivity index (χ1) is 17.2. The number of aromatic nitrogens is 6. The number of piperidine rings is 1. The van der Waals surface area contributed by atoms with Gasteiger partial charge in [-0.15, -0.1) is 10.2 Å². The predicted octanol–water partition coefficient (Wildman–Crippen LogP) is 3.45. The third-order valence-corrected chi connectivity index (χ3v) is 7.64. The number of nitrogens with zero attached hydrogens (tertiary/aromatic N) is 7. The summed E-state index contributed by atoms with van der Waals surface area (Å²) in [6, 6.07) is 15.4. The van der Waals surface area contributed by atoms with Gasteiger partial charge in [0.25, 0.3) is 5.56 Å². The van der Waals surface area contributed by atoms with E-state index in [1.54, 1.807) is 29.3 Å². The molecule has 0 aliphatic carbocycles. The molecule has 2 aromatic carbocycles. The molecule has 0 bridgehead atoms. The van der Waals surface area contributed by atoms with Crippen molar-refractivity contribution < 1.29 is 4.74 Å². The van der Waals surface area contributed by atoms with Crippen LogP contribution >= 0.6 is 11.3 Å². The Morgan fingerprint density at radius 1 is 1.03 bits per heavy atom. The van der Waals surface area contributed by atoms with Crippen molar-refractivity contribution in [3.8, 4) is 16.3 Å². The van der Waals surface area contributed by atoms with E-state index in [0.717, 1.165) is 65.1 Å². The minimum absolute atomic E-state index is 0.0209. The SMILES string of the molecule is COc1ccc(-c2nn3c(C4CCN(CCn5cnc6ccccc6c5=O)CC4)nnc3s2)cc1. The maximum atomic E-state index is 12.7. The second-order valence-electron chi connectivity index (χ2n) is 8.76. The Kier molecular flexibility index (Phi) is 5.75. The van der Waals surface area contributed by atoms with E-state index < -0.39 is 0 Å².